The molecule has 0 aromatic rings. The number of hydrogen-bond acceptors (Lipinski definition) is 3. The Labute approximate surface area is 120 Å². The number of methoxy groups -OCH3 is 1. The molecule has 0 aromatic carbocycles. The lowest BCUT2D eigenvalue weighted by Gasteiger charge is -2.48. The summed E-state index contributed by atoms with van der Waals surface area (Å²) in [6.07, 6.45) is 2.31. The number of nitrogens with two attached hydrogens (primary N) is 1. The van der Waals surface area contributed by atoms with Crippen LogP contribution in [0, 0.1) is 11.8 Å². The van der Waals surface area contributed by atoms with Crippen molar-refractivity contribution in [1.82, 2.24) is 4.90 Å². The van der Waals surface area contributed by atoms with Gasteiger partial charge in [-0.15, -0.1) is 0 Å². The first-order valence-corrected chi connectivity index (χ1v) is 7.74. The largest absolute Gasteiger partial charge is 0.383 e. The fraction of sp³-hybridized carbons (Fsp3) is 1.00. The van der Waals surface area contributed by atoms with Gasteiger partial charge >= 0.3 is 0 Å². The van der Waals surface area contributed by atoms with Gasteiger partial charge in [0.05, 0.1) is 6.61 Å². The summed E-state index contributed by atoms with van der Waals surface area (Å²) in [5.41, 5.74) is 6.34. The van der Waals surface area contributed by atoms with Gasteiger partial charge in [0, 0.05) is 31.8 Å². The Balaban J connectivity index is 5.20. The molecule has 0 bridgehead atoms. The Morgan fingerprint density at radius 2 is 1.47 bits per heavy atom. The number of nitrogens with zero attached hydrogens (tertiary/aromatic N) is 1. The molecule has 0 rings (SSSR count). The average molecular weight is 272 g/mol. The highest BCUT2D eigenvalue weighted by molar-refractivity contribution is 4.95. The van der Waals surface area contributed by atoms with Crippen LogP contribution in [0.1, 0.15) is 54.4 Å². The van der Waals surface area contributed by atoms with Crippen molar-refractivity contribution in [3.63, 3.8) is 0 Å². The fourth-order valence-electron chi connectivity index (χ4n) is 3.35. The van der Waals surface area contributed by atoms with Crippen LogP contribution in [0.2, 0.25) is 0 Å². The van der Waals surface area contributed by atoms with Gasteiger partial charge in [0.1, 0.15) is 0 Å². The standard InChI is InChI=1S/C16H36N2O/c1-13(2)10-16(12-17,11-14(3)4)18(15(5)6)8-9-19-7/h13-15H,8-12,17H2,1-7H3. The zero-order valence-electron chi connectivity index (χ0n) is 14.2. The Morgan fingerprint density at radius 1 is 1.00 bits per heavy atom. The highest BCUT2D eigenvalue weighted by atomic mass is 16.5. The van der Waals surface area contributed by atoms with Crippen LogP contribution >= 0.6 is 0 Å². The van der Waals surface area contributed by atoms with Gasteiger partial charge in [-0.2, -0.15) is 0 Å². The van der Waals surface area contributed by atoms with Gasteiger partial charge in [0.2, 0.25) is 0 Å². The molecule has 0 atom stereocenters. The van der Waals surface area contributed by atoms with E-state index < -0.39 is 0 Å². The highest BCUT2D eigenvalue weighted by Gasteiger charge is 2.37. The maximum absolute atomic E-state index is 6.23. The molecule has 0 aliphatic carbocycles. The van der Waals surface area contributed by atoms with E-state index >= 15 is 0 Å². The van der Waals surface area contributed by atoms with E-state index in [9.17, 15) is 0 Å². The van der Waals surface area contributed by atoms with Gasteiger partial charge in [-0.1, -0.05) is 27.7 Å². The minimum Gasteiger partial charge on any atom is -0.383 e. The first kappa shape index (κ1) is 18.9. The first-order chi connectivity index (χ1) is 8.79. The zero-order chi connectivity index (χ0) is 15.1. The van der Waals surface area contributed by atoms with Crippen LogP contribution < -0.4 is 5.73 Å². The molecule has 0 spiro atoms. The van der Waals surface area contributed by atoms with Crippen LogP contribution in [-0.2, 0) is 4.74 Å². The van der Waals surface area contributed by atoms with Crippen molar-refractivity contribution >= 4 is 0 Å². The van der Waals surface area contributed by atoms with Crippen molar-refractivity contribution in [2.45, 2.75) is 66.0 Å². The summed E-state index contributed by atoms with van der Waals surface area (Å²) in [6.45, 7) is 16.2. The van der Waals surface area contributed by atoms with E-state index in [2.05, 4.69) is 46.4 Å². The molecule has 0 radical (unpaired) electrons. The van der Waals surface area contributed by atoms with Crippen LogP contribution in [0.25, 0.3) is 0 Å². The minimum atomic E-state index is 0.106. The summed E-state index contributed by atoms with van der Waals surface area (Å²) in [5, 5.41) is 0. The Hall–Kier alpha value is -0.120. The Morgan fingerprint density at radius 3 is 1.74 bits per heavy atom. The van der Waals surface area contributed by atoms with Crippen molar-refractivity contribution in [2.75, 3.05) is 26.8 Å². The minimum absolute atomic E-state index is 0.106. The lowest BCUT2D eigenvalue weighted by atomic mass is 9.79. The normalized spacial score (nSPS) is 13.3. The second-order valence-electron chi connectivity index (χ2n) is 6.90. The molecule has 0 aliphatic rings. The maximum atomic E-state index is 6.23. The van der Waals surface area contributed by atoms with E-state index in [1.165, 1.54) is 0 Å². The lowest BCUT2D eigenvalue weighted by molar-refractivity contribution is 0.00751. The SMILES string of the molecule is COCCN(C(C)C)C(CN)(CC(C)C)CC(C)C. The molecule has 116 valence electrons. The van der Waals surface area contributed by atoms with Crippen LogP contribution in [-0.4, -0.2) is 43.3 Å². The lowest BCUT2D eigenvalue weighted by Crippen LogP contribution is -2.58. The van der Waals surface area contributed by atoms with Gasteiger partial charge in [-0.05, 0) is 38.5 Å². The van der Waals surface area contributed by atoms with E-state index in [1.54, 1.807) is 7.11 Å². The number of rotatable bonds is 10. The second kappa shape index (κ2) is 8.93. The Bertz CT molecular complexity index is 217. The van der Waals surface area contributed by atoms with E-state index in [0.29, 0.717) is 17.9 Å². The molecule has 0 aromatic heterocycles. The monoisotopic (exact) mass is 272 g/mol. The third-order valence-electron chi connectivity index (χ3n) is 3.73. The van der Waals surface area contributed by atoms with Gasteiger partial charge in [0.25, 0.3) is 0 Å². The summed E-state index contributed by atoms with van der Waals surface area (Å²) in [7, 11) is 1.77. The van der Waals surface area contributed by atoms with Crippen molar-refractivity contribution < 1.29 is 4.74 Å². The van der Waals surface area contributed by atoms with Crippen LogP contribution in [0.15, 0.2) is 0 Å². The fourth-order valence-corrected chi connectivity index (χ4v) is 3.35. The molecule has 0 fully saturated rings. The molecule has 0 heterocycles. The van der Waals surface area contributed by atoms with Crippen molar-refractivity contribution in [2.24, 2.45) is 17.6 Å². The summed E-state index contributed by atoms with van der Waals surface area (Å²) in [4.78, 5) is 2.57. The third-order valence-corrected chi connectivity index (χ3v) is 3.73. The quantitative estimate of drug-likeness (QED) is 0.664. The molecule has 0 saturated carbocycles. The van der Waals surface area contributed by atoms with Crippen molar-refractivity contribution in [1.29, 1.82) is 0 Å². The third kappa shape index (κ3) is 6.24. The summed E-state index contributed by atoms with van der Waals surface area (Å²) >= 11 is 0. The van der Waals surface area contributed by atoms with Gasteiger partial charge in [-0.3, -0.25) is 4.90 Å². The van der Waals surface area contributed by atoms with Gasteiger partial charge in [-0.25, -0.2) is 0 Å². The van der Waals surface area contributed by atoms with Gasteiger partial charge in [0.15, 0.2) is 0 Å². The molecule has 19 heavy (non-hydrogen) atoms. The second-order valence-corrected chi connectivity index (χ2v) is 6.90. The van der Waals surface area contributed by atoms with E-state index in [4.69, 9.17) is 10.5 Å². The molecule has 0 unspecified atom stereocenters. The van der Waals surface area contributed by atoms with Crippen LogP contribution in [0.3, 0.4) is 0 Å². The average Bonchev–Trinajstić information content (AvgIpc) is 2.26. The van der Waals surface area contributed by atoms with Crippen LogP contribution in [0.4, 0.5) is 0 Å². The predicted molar refractivity (Wildman–Crippen MR) is 84.4 cm³/mol. The summed E-state index contributed by atoms with van der Waals surface area (Å²) in [6, 6.07) is 0.496. The van der Waals surface area contributed by atoms with Crippen LogP contribution in [0.5, 0.6) is 0 Å². The maximum Gasteiger partial charge on any atom is 0.0590 e. The van der Waals surface area contributed by atoms with E-state index in [-0.39, 0.29) is 5.54 Å². The van der Waals surface area contributed by atoms with Crippen molar-refractivity contribution in [3.8, 4) is 0 Å². The number of hydrogen-bond donors (Lipinski definition) is 1. The topological polar surface area (TPSA) is 38.5 Å². The summed E-state index contributed by atoms with van der Waals surface area (Å²) < 4.78 is 5.29. The predicted octanol–water partition coefficient (Wildman–Crippen LogP) is 3.13. The first-order valence-electron chi connectivity index (χ1n) is 7.74. The molecule has 0 saturated heterocycles. The molecule has 0 amide bonds. The molecular formula is C16H36N2O. The smallest absolute Gasteiger partial charge is 0.0590 e. The Kier molecular flexibility index (Phi) is 8.88. The molecular weight excluding hydrogens is 236 g/mol. The van der Waals surface area contributed by atoms with E-state index in [0.717, 1.165) is 32.5 Å². The molecule has 3 nitrogen and oxygen atoms in total. The molecule has 2 N–H and O–H groups in total. The van der Waals surface area contributed by atoms with Crippen molar-refractivity contribution in [3.05, 3.63) is 0 Å². The highest BCUT2D eigenvalue weighted by Crippen LogP contribution is 2.32. The zero-order valence-corrected chi connectivity index (χ0v) is 14.2. The summed E-state index contributed by atoms with van der Waals surface area (Å²) in [5.74, 6) is 1.32. The van der Waals surface area contributed by atoms with Gasteiger partial charge < -0.3 is 10.5 Å². The van der Waals surface area contributed by atoms with E-state index in [1.807, 2.05) is 0 Å². The molecule has 3 heteroatoms. The number of ether oxygens (including phenoxy) is 1. The molecule has 0 aliphatic heterocycles.